The molecule has 18 nitrogen and oxygen atoms in total. The number of aliphatic hydroxyl groups is 3. The van der Waals surface area contributed by atoms with E-state index in [0.29, 0.717) is 13.0 Å². The lowest BCUT2D eigenvalue weighted by Crippen LogP contribution is -2.61. The van der Waals surface area contributed by atoms with Crippen molar-refractivity contribution in [1.82, 2.24) is 9.80 Å². The lowest BCUT2D eigenvalue weighted by Gasteiger charge is -2.49. The number of aliphatic hydroxyl groups excluding tert-OH is 1. The summed E-state index contributed by atoms with van der Waals surface area (Å²) >= 11 is 0. The third-order valence-electron chi connectivity index (χ3n) is 14.5. The minimum Gasteiger partial charge on any atom is -0.459 e. The summed E-state index contributed by atoms with van der Waals surface area (Å²) in [5, 5.41) is 47.5. The van der Waals surface area contributed by atoms with Gasteiger partial charge >= 0.3 is 11.9 Å². The fourth-order valence-electron chi connectivity index (χ4n) is 10.8. The Balaban J connectivity index is 1.85. The van der Waals surface area contributed by atoms with E-state index < -0.39 is 119 Å². The Morgan fingerprint density at radius 2 is 1.62 bits per heavy atom. The van der Waals surface area contributed by atoms with Crippen molar-refractivity contribution in [3.05, 3.63) is 10.1 Å². The van der Waals surface area contributed by atoms with E-state index >= 15 is 0 Å². The van der Waals surface area contributed by atoms with Gasteiger partial charge in [-0.05, 0) is 114 Å². The largest absolute Gasteiger partial charge is 0.459 e. The maximum atomic E-state index is 14.7. The SMILES string of the molecule is CC[C@H]1OC(=O)[C@H](C)[C@@H](O[C@H]2C[C@@](C)(OC)[C@@H](O)[C@H](C)O2)[C@H](C)[C@@H](O[C@@H]2O[C@H](C)CC(N(C)C)[C@H]2O[N+](=O)[O-])[C@](C)(O)C[C@@H](C)CN(C)[C@H](C)[C@@H](OC(=O)CC2CCCC2)[C@]1(C)O. The molecule has 0 aromatic rings. The van der Waals surface area contributed by atoms with E-state index in [4.69, 9.17) is 38.0 Å². The minimum atomic E-state index is -1.85. The van der Waals surface area contributed by atoms with Crippen molar-refractivity contribution in [2.24, 2.45) is 23.7 Å². The molecule has 0 amide bonds. The van der Waals surface area contributed by atoms with Gasteiger partial charge < -0.3 is 58.2 Å². The van der Waals surface area contributed by atoms with Crippen LogP contribution < -0.4 is 0 Å². The van der Waals surface area contributed by atoms with Crippen molar-refractivity contribution in [2.45, 2.75) is 217 Å². The molecule has 1 unspecified atom stereocenters. The summed E-state index contributed by atoms with van der Waals surface area (Å²) in [6, 6.07) is -1.08. The molecule has 4 fully saturated rings. The van der Waals surface area contributed by atoms with Crippen LogP contribution in [-0.4, -0.2) is 167 Å². The summed E-state index contributed by atoms with van der Waals surface area (Å²) < 4.78 is 44.4. The number of rotatable bonds is 12. The number of hydrogen-bond acceptors (Lipinski definition) is 17. The van der Waals surface area contributed by atoms with E-state index in [2.05, 4.69) is 0 Å². The standard InChI is InChI=1S/C45H81N3O15/c1-15-33-45(10,53)40(60-34(49)21-31-18-16-17-19-31)29(6)47(13)24-25(2)22-43(8,52)39(62-42-37(63-48(54)55)32(46(11)12)20-26(3)57-42)27(4)36(28(5)41(51)59-33)61-35-23-44(9,56-14)38(50)30(7)58-35/h25-33,35-40,42,50,52-53H,15-24H2,1-14H3/t25-,26-,27+,28-,29-,30+,32?,33-,35+,36+,37-,38+,39-,40-,42+,43-,44-,45-/m1/s1. The normalized spacial score (nSPS) is 44.3. The van der Waals surface area contributed by atoms with Crippen LogP contribution in [0, 0.1) is 33.8 Å². The van der Waals surface area contributed by atoms with Crippen LogP contribution in [0.25, 0.3) is 0 Å². The Kier molecular flexibility index (Phi) is 18.7. The van der Waals surface area contributed by atoms with Gasteiger partial charge in [-0.1, -0.05) is 33.6 Å². The Morgan fingerprint density at radius 3 is 2.19 bits per heavy atom. The van der Waals surface area contributed by atoms with Crippen LogP contribution in [0.4, 0.5) is 0 Å². The number of nitrogens with zero attached hydrogens (tertiary/aromatic N) is 3. The number of methoxy groups -OCH3 is 1. The molecule has 3 aliphatic heterocycles. The summed E-state index contributed by atoms with van der Waals surface area (Å²) in [7, 11) is 6.91. The zero-order chi connectivity index (χ0) is 47.4. The van der Waals surface area contributed by atoms with Gasteiger partial charge in [0.1, 0.15) is 23.9 Å². The molecule has 4 rings (SSSR count). The van der Waals surface area contributed by atoms with Crippen molar-refractivity contribution in [3.8, 4) is 0 Å². The van der Waals surface area contributed by atoms with E-state index in [1.165, 1.54) is 14.0 Å². The highest BCUT2D eigenvalue weighted by Gasteiger charge is 2.54. The molecular formula is C45H81N3O15. The molecule has 63 heavy (non-hydrogen) atoms. The molecule has 18 heteroatoms. The average molecular weight is 904 g/mol. The van der Waals surface area contributed by atoms with E-state index in [1.54, 1.807) is 55.6 Å². The summed E-state index contributed by atoms with van der Waals surface area (Å²) in [4.78, 5) is 49.3. The molecule has 1 aliphatic carbocycles. The first-order valence-electron chi connectivity index (χ1n) is 23.1. The number of hydrogen-bond donors (Lipinski definition) is 3. The maximum Gasteiger partial charge on any atom is 0.311 e. The van der Waals surface area contributed by atoms with Crippen LogP contribution in [0.2, 0.25) is 0 Å². The zero-order valence-corrected chi connectivity index (χ0v) is 40.4. The highest BCUT2D eigenvalue weighted by Crippen LogP contribution is 2.41. The van der Waals surface area contributed by atoms with Crippen molar-refractivity contribution in [1.29, 1.82) is 0 Å². The molecule has 18 atom stereocenters. The van der Waals surface area contributed by atoms with Gasteiger partial charge in [0.15, 0.2) is 18.7 Å². The van der Waals surface area contributed by atoms with Gasteiger partial charge in [0.05, 0.1) is 41.5 Å². The van der Waals surface area contributed by atoms with Crippen molar-refractivity contribution >= 4 is 11.9 Å². The van der Waals surface area contributed by atoms with Gasteiger partial charge in [0, 0.05) is 44.5 Å². The molecule has 366 valence electrons. The van der Waals surface area contributed by atoms with Gasteiger partial charge in [-0.2, -0.15) is 0 Å². The van der Waals surface area contributed by atoms with Gasteiger partial charge in [-0.25, -0.2) is 0 Å². The fourth-order valence-corrected chi connectivity index (χ4v) is 10.8. The molecule has 0 radical (unpaired) electrons. The summed E-state index contributed by atoms with van der Waals surface area (Å²) in [6.45, 7) is 17.8. The van der Waals surface area contributed by atoms with Crippen molar-refractivity contribution in [3.63, 3.8) is 0 Å². The number of carbonyl (C=O) groups excluding carboxylic acids is 2. The number of likely N-dealkylation sites (N-methyl/N-ethyl adjacent to an activating group) is 2. The first-order valence-corrected chi connectivity index (χ1v) is 23.1. The second kappa shape index (κ2) is 22.0. The van der Waals surface area contributed by atoms with Crippen LogP contribution in [0.15, 0.2) is 0 Å². The van der Waals surface area contributed by atoms with Gasteiger partial charge in [0.25, 0.3) is 5.09 Å². The first-order chi connectivity index (χ1) is 29.3. The average Bonchev–Trinajstić information content (AvgIpc) is 3.70. The molecular weight excluding hydrogens is 823 g/mol. The molecule has 3 saturated heterocycles. The van der Waals surface area contributed by atoms with Crippen LogP contribution >= 0.6 is 0 Å². The third-order valence-corrected chi connectivity index (χ3v) is 14.5. The van der Waals surface area contributed by atoms with Gasteiger partial charge in [0.2, 0.25) is 0 Å². The summed E-state index contributed by atoms with van der Waals surface area (Å²) in [5.41, 5.74) is -4.66. The molecule has 3 heterocycles. The summed E-state index contributed by atoms with van der Waals surface area (Å²) in [6.07, 6.45) is -5.41. The smallest absolute Gasteiger partial charge is 0.311 e. The number of cyclic esters (lactones) is 1. The van der Waals surface area contributed by atoms with Gasteiger partial charge in [-0.15, -0.1) is 10.1 Å². The van der Waals surface area contributed by atoms with Crippen LogP contribution in [0.1, 0.15) is 127 Å². The maximum absolute atomic E-state index is 14.7. The second-order valence-electron chi connectivity index (χ2n) is 20.3. The highest BCUT2D eigenvalue weighted by molar-refractivity contribution is 5.73. The highest BCUT2D eigenvalue weighted by atomic mass is 17.0. The lowest BCUT2D eigenvalue weighted by molar-refractivity contribution is -0.775. The van der Waals surface area contributed by atoms with E-state index in [9.17, 15) is 35.0 Å². The number of esters is 2. The van der Waals surface area contributed by atoms with Crippen LogP contribution in [0.3, 0.4) is 0 Å². The number of carbonyl (C=O) groups is 2. The lowest BCUT2D eigenvalue weighted by atomic mass is 9.77. The summed E-state index contributed by atoms with van der Waals surface area (Å²) in [5.74, 6) is -3.25. The Bertz CT molecular complexity index is 1500. The van der Waals surface area contributed by atoms with Crippen LogP contribution in [-0.2, 0) is 47.6 Å². The molecule has 0 aromatic heterocycles. The Hall–Kier alpha value is -2.26. The molecule has 0 bridgehead atoms. The minimum absolute atomic E-state index is 0.0654. The van der Waals surface area contributed by atoms with Gasteiger partial charge in [-0.3, -0.25) is 14.5 Å². The molecule has 0 aromatic carbocycles. The fraction of sp³-hybridized carbons (Fsp3) is 0.956. The Morgan fingerprint density at radius 1 is 0.984 bits per heavy atom. The quantitative estimate of drug-likeness (QED) is 0.142. The van der Waals surface area contributed by atoms with E-state index in [-0.39, 0.29) is 37.5 Å². The molecule has 4 aliphatic rings. The Labute approximate surface area is 375 Å². The predicted octanol–water partition coefficient (Wildman–Crippen LogP) is 4.25. The molecule has 3 N–H and O–H groups in total. The van der Waals surface area contributed by atoms with E-state index in [0.717, 1.165) is 25.7 Å². The monoisotopic (exact) mass is 904 g/mol. The topological polar surface area (TPSA) is 218 Å². The van der Waals surface area contributed by atoms with Crippen molar-refractivity contribution in [2.75, 3.05) is 34.8 Å². The predicted molar refractivity (Wildman–Crippen MR) is 230 cm³/mol. The first kappa shape index (κ1) is 53.4. The van der Waals surface area contributed by atoms with Crippen LogP contribution in [0.5, 0.6) is 0 Å². The second-order valence-corrected chi connectivity index (χ2v) is 20.3. The molecule has 1 saturated carbocycles. The molecule has 0 spiro atoms. The zero-order valence-electron chi connectivity index (χ0n) is 40.4. The third kappa shape index (κ3) is 13.0. The van der Waals surface area contributed by atoms with E-state index in [1.807, 2.05) is 37.6 Å². The van der Waals surface area contributed by atoms with Crippen molar-refractivity contribution < 1.29 is 68.0 Å². The number of ether oxygens (including phenoxy) is 7.